The van der Waals surface area contributed by atoms with Crippen molar-refractivity contribution in [1.82, 2.24) is 0 Å². The van der Waals surface area contributed by atoms with E-state index in [0.717, 1.165) is 11.1 Å². The van der Waals surface area contributed by atoms with Gasteiger partial charge in [0.2, 0.25) is 0 Å². The molecule has 6 aromatic rings. The molecule has 228 valence electrons. The number of carbonyl (C=O) groups is 1. The molecule has 0 fully saturated rings. The zero-order valence-corrected chi connectivity index (χ0v) is 26.1. The Morgan fingerprint density at radius 1 is 0.413 bits per heavy atom. The van der Waals surface area contributed by atoms with Crippen molar-refractivity contribution in [3.8, 4) is 0 Å². The molecule has 2 N–H and O–H groups in total. The number of aliphatic hydroxyl groups is 2. The van der Waals surface area contributed by atoms with Gasteiger partial charge in [0.25, 0.3) is 0 Å². The first kappa shape index (κ1) is 30.9. The number of ketones is 1. The molecule has 2 unspecified atom stereocenters. The van der Waals surface area contributed by atoms with Crippen LogP contribution in [0, 0.1) is 13.8 Å². The van der Waals surface area contributed by atoms with Gasteiger partial charge in [-0.3, -0.25) is 4.79 Å². The van der Waals surface area contributed by atoms with Crippen LogP contribution in [0.5, 0.6) is 0 Å². The van der Waals surface area contributed by atoms with Crippen LogP contribution in [0.15, 0.2) is 170 Å². The summed E-state index contributed by atoms with van der Waals surface area (Å²) in [5.41, 5.74) is 2.21. The van der Waals surface area contributed by atoms with Crippen LogP contribution in [0.2, 0.25) is 0 Å². The number of hydrogen-bond acceptors (Lipinski definition) is 3. The first-order chi connectivity index (χ1) is 22.3. The Kier molecular flexibility index (Phi) is 8.81. The standard InChI is InChI=1S/C43H38O3/c1-31-23-27-33(28-24-31)39(42(45,35-15-7-3-8-16-35)36-17-9-4-10-18-36)41(44)40(34-29-25-32(2)26-30-34)43(46,37-19-11-5-12-20-37)38-21-13-6-14-22-38/h3-30,39-40,45-46H,1-2H3. The lowest BCUT2D eigenvalue weighted by atomic mass is 9.63. The second-order valence-electron chi connectivity index (χ2n) is 12.1. The van der Waals surface area contributed by atoms with Crippen molar-refractivity contribution < 1.29 is 15.0 Å². The summed E-state index contributed by atoms with van der Waals surface area (Å²) in [7, 11) is 0. The van der Waals surface area contributed by atoms with Crippen LogP contribution in [0.3, 0.4) is 0 Å². The SMILES string of the molecule is Cc1ccc(C(C(=O)C(c2ccc(C)cc2)C(O)(c2ccccc2)c2ccccc2)C(O)(c2ccccc2)c2ccccc2)cc1. The van der Waals surface area contributed by atoms with E-state index >= 15 is 4.79 Å². The maximum atomic E-state index is 15.9. The number of rotatable bonds is 10. The number of carbonyl (C=O) groups excluding carboxylic acids is 1. The van der Waals surface area contributed by atoms with Crippen molar-refractivity contribution in [2.45, 2.75) is 36.9 Å². The smallest absolute Gasteiger partial charge is 0.155 e. The van der Waals surface area contributed by atoms with Crippen LogP contribution >= 0.6 is 0 Å². The Labute approximate surface area is 271 Å². The topological polar surface area (TPSA) is 57.5 Å². The maximum Gasteiger partial charge on any atom is 0.155 e. The van der Waals surface area contributed by atoms with Crippen LogP contribution in [-0.4, -0.2) is 16.0 Å². The quantitative estimate of drug-likeness (QED) is 0.165. The molecule has 0 heterocycles. The average Bonchev–Trinajstić information content (AvgIpc) is 3.11. The maximum absolute atomic E-state index is 15.9. The predicted molar refractivity (Wildman–Crippen MR) is 185 cm³/mol. The minimum absolute atomic E-state index is 0.307. The van der Waals surface area contributed by atoms with Crippen molar-refractivity contribution in [2.75, 3.05) is 0 Å². The summed E-state index contributed by atoms with van der Waals surface area (Å²) < 4.78 is 0. The lowest BCUT2D eigenvalue weighted by Gasteiger charge is -2.43. The highest BCUT2D eigenvalue weighted by atomic mass is 16.3. The first-order valence-corrected chi connectivity index (χ1v) is 15.7. The van der Waals surface area contributed by atoms with Crippen LogP contribution < -0.4 is 0 Å². The van der Waals surface area contributed by atoms with Crippen LogP contribution in [0.1, 0.15) is 56.3 Å². The lowest BCUT2D eigenvalue weighted by molar-refractivity contribution is -0.132. The number of aryl methyl sites for hydroxylation is 2. The van der Waals surface area contributed by atoms with E-state index in [0.29, 0.717) is 33.4 Å². The van der Waals surface area contributed by atoms with E-state index in [1.165, 1.54) is 0 Å². The van der Waals surface area contributed by atoms with E-state index in [9.17, 15) is 10.2 Å². The molecule has 3 nitrogen and oxygen atoms in total. The van der Waals surface area contributed by atoms with Gasteiger partial charge in [-0.1, -0.05) is 181 Å². The molecule has 0 saturated carbocycles. The molecule has 0 bridgehead atoms. The van der Waals surface area contributed by atoms with E-state index in [1.54, 1.807) is 0 Å². The van der Waals surface area contributed by atoms with E-state index < -0.39 is 23.0 Å². The Morgan fingerprint density at radius 3 is 0.891 bits per heavy atom. The van der Waals surface area contributed by atoms with Gasteiger partial charge in [-0.15, -0.1) is 0 Å². The lowest BCUT2D eigenvalue weighted by Crippen LogP contribution is -2.47. The zero-order valence-electron chi connectivity index (χ0n) is 26.1. The third-order valence-corrected chi connectivity index (χ3v) is 9.08. The largest absolute Gasteiger partial charge is 0.379 e. The van der Waals surface area contributed by atoms with Crippen molar-refractivity contribution in [1.29, 1.82) is 0 Å². The predicted octanol–water partition coefficient (Wildman–Crippen LogP) is 8.61. The van der Waals surface area contributed by atoms with Crippen LogP contribution in [0.4, 0.5) is 0 Å². The molecule has 6 aromatic carbocycles. The van der Waals surface area contributed by atoms with Gasteiger partial charge in [0.05, 0.1) is 11.8 Å². The summed E-state index contributed by atoms with van der Waals surface area (Å²) in [5.74, 6) is -2.50. The molecule has 6 rings (SSSR count). The first-order valence-electron chi connectivity index (χ1n) is 15.7. The fraction of sp³-hybridized carbons (Fsp3) is 0.140. The summed E-state index contributed by atoms with van der Waals surface area (Å²) in [4.78, 5) is 15.9. The minimum Gasteiger partial charge on any atom is -0.379 e. The van der Waals surface area contributed by atoms with Gasteiger partial charge in [0.15, 0.2) is 5.78 Å². The van der Waals surface area contributed by atoms with Crippen LogP contribution in [-0.2, 0) is 16.0 Å². The van der Waals surface area contributed by atoms with Gasteiger partial charge in [-0.2, -0.15) is 0 Å². The summed E-state index contributed by atoms with van der Waals surface area (Å²) in [6, 6.07) is 53.1. The van der Waals surface area contributed by atoms with Gasteiger partial charge >= 0.3 is 0 Å². The average molecular weight is 603 g/mol. The number of hydrogen-bond donors (Lipinski definition) is 2. The van der Waals surface area contributed by atoms with Crippen molar-refractivity contribution in [3.63, 3.8) is 0 Å². The second kappa shape index (κ2) is 13.1. The normalized spacial score (nSPS) is 13.1. The second-order valence-corrected chi connectivity index (χ2v) is 12.1. The van der Waals surface area contributed by atoms with E-state index in [1.807, 2.05) is 184 Å². The Morgan fingerprint density at radius 2 is 0.652 bits per heavy atom. The molecule has 46 heavy (non-hydrogen) atoms. The van der Waals surface area contributed by atoms with Gasteiger partial charge in [-0.25, -0.2) is 0 Å². The molecule has 0 radical (unpaired) electrons. The molecule has 2 atom stereocenters. The summed E-state index contributed by atoms with van der Waals surface area (Å²) in [5, 5.41) is 26.5. The number of benzene rings is 6. The van der Waals surface area contributed by atoms with Gasteiger partial charge < -0.3 is 10.2 Å². The van der Waals surface area contributed by atoms with Crippen molar-refractivity contribution in [3.05, 3.63) is 214 Å². The monoisotopic (exact) mass is 602 g/mol. The van der Waals surface area contributed by atoms with E-state index in [-0.39, 0.29) is 5.78 Å². The molecule has 0 saturated heterocycles. The minimum atomic E-state index is -1.77. The third kappa shape index (κ3) is 5.72. The van der Waals surface area contributed by atoms with Crippen LogP contribution in [0.25, 0.3) is 0 Å². The fourth-order valence-corrected chi connectivity index (χ4v) is 6.68. The molecule has 0 aliphatic rings. The molecular formula is C43H38O3. The molecular weight excluding hydrogens is 564 g/mol. The molecule has 0 aliphatic heterocycles. The summed E-state index contributed by atoms with van der Waals surface area (Å²) >= 11 is 0. The number of Topliss-reactive ketones (excluding diaryl/α,β-unsaturated/α-hetero) is 1. The van der Waals surface area contributed by atoms with E-state index in [2.05, 4.69) is 0 Å². The molecule has 0 amide bonds. The van der Waals surface area contributed by atoms with Gasteiger partial charge in [-0.05, 0) is 47.2 Å². The fourth-order valence-electron chi connectivity index (χ4n) is 6.68. The molecule has 0 aromatic heterocycles. The molecule has 3 heteroatoms. The van der Waals surface area contributed by atoms with E-state index in [4.69, 9.17) is 0 Å². The highest BCUT2D eigenvalue weighted by molar-refractivity contribution is 5.95. The summed E-state index contributed by atoms with van der Waals surface area (Å²) in [6.45, 7) is 4.00. The third-order valence-electron chi connectivity index (χ3n) is 9.08. The van der Waals surface area contributed by atoms with Crippen molar-refractivity contribution in [2.24, 2.45) is 0 Å². The Hall–Kier alpha value is -5.09. The van der Waals surface area contributed by atoms with Gasteiger partial charge in [0, 0.05) is 0 Å². The summed E-state index contributed by atoms with van der Waals surface area (Å²) in [6.07, 6.45) is 0. The molecule has 0 spiro atoms. The highest BCUT2D eigenvalue weighted by Gasteiger charge is 2.53. The van der Waals surface area contributed by atoms with Gasteiger partial charge in [0.1, 0.15) is 11.2 Å². The Bertz CT molecular complexity index is 1650. The highest BCUT2D eigenvalue weighted by Crippen LogP contribution is 2.51. The zero-order chi connectivity index (χ0) is 32.1. The molecule has 0 aliphatic carbocycles. The van der Waals surface area contributed by atoms with Crippen molar-refractivity contribution >= 4 is 5.78 Å². The Balaban J connectivity index is 1.69.